The van der Waals surface area contributed by atoms with Crippen LogP contribution in [0.3, 0.4) is 0 Å². The van der Waals surface area contributed by atoms with Crippen molar-refractivity contribution in [2.45, 2.75) is 46.1 Å². The monoisotopic (exact) mass is 245 g/mol. The number of nitrogens with zero attached hydrogens (tertiary/aromatic N) is 1. The number of carbonyl (C=O) groups excluding carboxylic acids is 1. The van der Waals surface area contributed by atoms with Crippen LogP contribution in [-0.4, -0.2) is 23.4 Å². The molecule has 0 aromatic carbocycles. The Kier molecular flexibility index (Phi) is 2.84. The molecule has 1 amide bonds. The first-order valence-electron chi connectivity index (χ1n) is 7.24. The lowest BCUT2D eigenvalue weighted by atomic mass is 9.90. The van der Waals surface area contributed by atoms with Crippen LogP contribution in [0.4, 0.5) is 0 Å². The zero-order valence-electron chi connectivity index (χ0n) is 11.6. The maximum Gasteiger partial charge on any atom is 0.250 e. The van der Waals surface area contributed by atoms with Gasteiger partial charge < -0.3 is 4.90 Å². The van der Waals surface area contributed by atoms with Gasteiger partial charge in [-0.15, -0.1) is 0 Å². The van der Waals surface area contributed by atoms with E-state index in [0.717, 1.165) is 29.9 Å². The number of rotatable bonds is 3. The summed E-state index contributed by atoms with van der Waals surface area (Å²) < 4.78 is 0. The maximum atomic E-state index is 12.1. The summed E-state index contributed by atoms with van der Waals surface area (Å²) in [7, 11) is 0. The van der Waals surface area contributed by atoms with Crippen LogP contribution in [0.5, 0.6) is 0 Å². The number of amides is 1. The fraction of sp³-hybridized carbons (Fsp3) is 0.688. The second-order valence-electron chi connectivity index (χ2n) is 6.31. The average Bonchev–Trinajstić information content (AvgIpc) is 3.02. The first kappa shape index (κ1) is 12.0. The van der Waals surface area contributed by atoms with Crippen molar-refractivity contribution in [3.63, 3.8) is 0 Å². The Morgan fingerprint density at radius 3 is 2.56 bits per heavy atom. The number of hydrogen-bond acceptors (Lipinski definition) is 1. The average molecular weight is 245 g/mol. The van der Waals surface area contributed by atoms with E-state index in [0.29, 0.717) is 6.04 Å². The zero-order valence-corrected chi connectivity index (χ0v) is 11.6. The van der Waals surface area contributed by atoms with Gasteiger partial charge in [0.1, 0.15) is 0 Å². The van der Waals surface area contributed by atoms with Crippen molar-refractivity contribution >= 4 is 5.91 Å². The molecule has 4 atom stereocenters. The molecule has 0 saturated heterocycles. The van der Waals surface area contributed by atoms with Gasteiger partial charge in [0.2, 0.25) is 5.91 Å². The van der Waals surface area contributed by atoms with Crippen LogP contribution in [0.25, 0.3) is 0 Å². The Labute approximate surface area is 110 Å². The van der Waals surface area contributed by atoms with Crippen molar-refractivity contribution in [3.05, 3.63) is 23.3 Å². The van der Waals surface area contributed by atoms with Gasteiger partial charge in [-0.25, -0.2) is 0 Å². The topological polar surface area (TPSA) is 20.3 Å². The molecule has 2 bridgehead atoms. The highest BCUT2D eigenvalue weighted by Gasteiger charge is 2.37. The van der Waals surface area contributed by atoms with Crippen molar-refractivity contribution in [2.75, 3.05) is 6.54 Å². The molecule has 2 nitrogen and oxygen atoms in total. The molecule has 0 radical (unpaired) electrons. The largest absolute Gasteiger partial charge is 0.332 e. The summed E-state index contributed by atoms with van der Waals surface area (Å²) in [5, 5.41) is 0. The maximum absolute atomic E-state index is 12.1. The van der Waals surface area contributed by atoms with Crippen LogP contribution >= 0.6 is 0 Å². The van der Waals surface area contributed by atoms with Gasteiger partial charge in [-0.2, -0.15) is 0 Å². The van der Waals surface area contributed by atoms with E-state index in [9.17, 15) is 4.79 Å². The molecule has 1 aliphatic heterocycles. The number of hydrogen-bond donors (Lipinski definition) is 0. The summed E-state index contributed by atoms with van der Waals surface area (Å²) in [4.78, 5) is 14.2. The van der Waals surface area contributed by atoms with E-state index in [1.165, 1.54) is 24.8 Å². The van der Waals surface area contributed by atoms with Crippen LogP contribution < -0.4 is 0 Å². The predicted octanol–water partition coefficient (Wildman–Crippen LogP) is 3.16. The molecule has 0 N–H and O–H groups in total. The van der Waals surface area contributed by atoms with Crippen LogP contribution in [-0.2, 0) is 4.79 Å². The third-order valence-electron chi connectivity index (χ3n) is 5.42. The first-order valence-corrected chi connectivity index (χ1v) is 7.24. The lowest BCUT2D eigenvalue weighted by Crippen LogP contribution is -2.35. The molecule has 3 aliphatic rings. The van der Waals surface area contributed by atoms with Gasteiger partial charge in [0.25, 0.3) is 0 Å². The van der Waals surface area contributed by atoms with Gasteiger partial charge in [-0.05, 0) is 63.4 Å². The second-order valence-corrected chi connectivity index (χ2v) is 6.31. The Balaban J connectivity index is 1.59. The normalized spacial score (nSPS) is 38.4. The number of carbonyl (C=O) groups is 1. The van der Waals surface area contributed by atoms with Crippen LogP contribution in [0, 0.1) is 17.8 Å². The summed E-state index contributed by atoms with van der Waals surface area (Å²) in [6, 6.07) is 0.312. The lowest BCUT2D eigenvalue weighted by molar-refractivity contribution is -0.126. The minimum atomic E-state index is 0.263. The molecule has 18 heavy (non-hydrogen) atoms. The van der Waals surface area contributed by atoms with Crippen molar-refractivity contribution in [1.82, 2.24) is 4.90 Å². The Bertz CT molecular complexity index is 434. The van der Waals surface area contributed by atoms with E-state index in [1.54, 1.807) is 0 Å². The Hall–Kier alpha value is -1.05. The van der Waals surface area contributed by atoms with E-state index in [2.05, 4.69) is 30.9 Å². The van der Waals surface area contributed by atoms with Crippen LogP contribution in [0.1, 0.15) is 40.0 Å². The fourth-order valence-electron chi connectivity index (χ4n) is 3.93. The standard InChI is InChI=1S/C16H23NO/c1-10-11(2)16(18)17(12(10)3)7-6-15-9-13-4-5-14(15)8-13/h4-5,12-15H,6-9H2,1-3H3. The quantitative estimate of drug-likeness (QED) is 0.699. The summed E-state index contributed by atoms with van der Waals surface area (Å²) in [5.41, 5.74) is 2.23. The molecule has 4 unspecified atom stereocenters. The van der Waals surface area contributed by atoms with Crippen molar-refractivity contribution < 1.29 is 4.79 Å². The van der Waals surface area contributed by atoms with E-state index in [4.69, 9.17) is 0 Å². The molecule has 0 aromatic heterocycles. The molecule has 0 spiro atoms. The molecular formula is C16H23NO. The number of fused-ring (bicyclic) bond motifs is 2. The second kappa shape index (κ2) is 4.25. The molecule has 0 aromatic rings. The minimum absolute atomic E-state index is 0.263. The predicted molar refractivity (Wildman–Crippen MR) is 73.0 cm³/mol. The molecule has 2 aliphatic carbocycles. The van der Waals surface area contributed by atoms with Crippen molar-refractivity contribution in [1.29, 1.82) is 0 Å². The molecule has 1 heterocycles. The third kappa shape index (κ3) is 1.73. The van der Waals surface area contributed by atoms with Gasteiger partial charge in [-0.1, -0.05) is 12.2 Å². The third-order valence-corrected chi connectivity index (χ3v) is 5.42. The lowest BCUT2D eigenvalue weighted by Gasteiger charge is -2.26. The highest BCUT2D eigenvalue weighted by Crippen LogP contribution is 2.45. The van der Waals surface area contributed by atoms with E-state index < -0.39 is 0 Å². The molecule has 1 saturated carbocycles. The smallest absolute Gasteiger partial charge is 0.250 e. The Morgan fingerprint density at radius 1 is 1.28 bits per heavy atom. The highest BCUT2D eigenvalue weighted by atomic mass is 16.2. The molecular weight excluding hydrogens is 222 g/mol. The van der Waals surface area contributed by atoms with Crippen molar-refractivity contribution in [2.24, 2.45) is 17.8 Å². The first-order chi connectivity index (χ1) is 8.58. The summed E-state index contributed by atoms with van der Waals surface area (Å²) in [6.07, 6.45) is 8.69. The highest BCUT2D eigenvalue weighted by molar-refractivity contribution is 5.96. The number of allylic oxidation sites excluding steroid dienone is 2. The zero-order chi connectivity index (χ0) is 12.9. The van der Waals surface area contributed by atoms with E-state index in [-0.39, 0.29) is 5.91 Å². The Morgan fingerprint density at radius 2 is 2.06 bits per heavy atom. The fourth-order valence-corrected chi connectivity index (χ4v) is 3.93. The van der Waals surface area contributed by atoms with Gasteiger partial charge in [-0.3, -0.25) is 4.79 Å². The van der Waals surface area contributed by atoms with Crippen molar-refractivity contribution in [3.8, 4) is 0 Å². The summed E-state index contributed by atoms with van der Waals surface area (Å²) in [6.45, 7) is 7.16. The molecule has 2 heteroatoms. The minimum Gasteiger partial charge on any atom is -0.332 e. The molecule has 98 valence electrons. The van der Waals surface area contributed by atoms with Gasteiger partial charge in [0, 0.05) is 12.1 Å². The van der Waals surface area contributed by atoms with Gasteiger partial charge in [0.05, 0.1) is 6.04 Å². The van der Waals surface area contributed by atoms with E-state index >= 15 is 0 Å². The van der Waals surface area contributed by atoms with Gasteiger partial charge in [0.15, 0.2) is 0 Å². The molecule has 3 rings (SSSR count). The molecule has 1 fully saturated rings. The summed E-state index contributed by atoms with van der Waals surface area (Å²) in [5.74, 6) is 2.73. The summed E-state index contributed by atoms with van der Waals surface area (Å²) >= 11 is 0. The van der Waals surface area contributed by atoms with Gasteiger partial charge >= 0.3 is 0 Å². The van der Waals surface area contributed by atoms with Crippen LogP contribution in [0.2, 0.25) is 0 Å². The van der Waals surface area contributed by atoms with Crippen LogP contribution in [0.15, 0.2) is 23.3 Å². The van der Waals surface area contributed by atoms with E-state index in [1.807, 2.05) is 6.92 Å². The SMILES string of the molecule is CC1=C(C)C(C)N(CCC2CC3C=CC2C3)C1=O.